The minimum Gasteiger partial charge on any atom is -0.256 e. The van der Waals surface area contributed by atoms with Crippen molar-refractivity contribution in [1.29, 1.82) is 0 Å². The van der Waals surface area contributed by atoms with E-state index in [1.54, 1.807) is 12.3 Å². The smallest absolute Gasteiger partial charge is 0.256 e. The van der Waals surface area contributed by atoms with Crippen LogP contribution in [0.4, 0.5) is 0 Å². The Morgan fingerprint density at radius 1 is 0.818 bits per heavy atom. The number of aromatic nitrogens is 1. The largest absolute Gasteiger partial charge is 0.261 e. The fourth-order valence-electron chi connectivity index (χ4n) is 2.37. The number of rotatable bonds is 3. The number of hydrogen-bond donors (Lipinski definition) is 0. The lowest BCUT2D eigenvalue weighted by atomic mass is 9.97. The van der Waals surface area contributed by atoms with Gasteiger partial charge in [-0.1, -0.05) is 48.5 Å². The molecule has 3 rings (SSSR count). The van der Waals surface area contributed by atoms with E-state index in [4.69, 9.17) is 10.7 Å². The summed E-state index contributed by atoms with van der Waals surface area (Å²) in [5, 5.41) is 0. The third-order valence-corrected chi connectivity index (χ3v) is 4.66. The predicted molar refractivity (Wildman–Crippen MR) is 88.1 cm³/mol. The summed E-state index contributed by atoms with van der Waals surface area (Å²) >= 11 is 0. The number of hydrogen-bond acceptors (Lipinski definition) is 3. The molecule has 0 unspecified atom stereocenters. The minimum atomic E-state index is -3.87. The molecule has 110 valence electrons. The molecule has 0 aliphatic rings. The summed E-state index contributed by atoms with van der Waals surface area (Å²) in [4.78, 5) is 4.41. The Morgan fingerprint density at radius 2 is 1.55 bits per heavy atom. The molecular formula is C17H12ClNO2S. The van der Waals surface area contributed by atoms with Crippen molar-refractivity contribution in [2.45, 2.75) is 4.90 Å². The molecular weight excluding hydrogens is 318 g/mol. The number of benzene rings is 2. The maximum atomic E-state index is 12.0. The molecule has 5 heteroatoms. The second kappa shape index (κ2) is 5.91. The van der Waals surface area contributed by atoms with Gasteiger partial charge < -0.3 is 0 Å². The van der Waals surface area contributed by atoms with E-state index in [1.807, 2.05) is 54.6 Å². The van der Waals surface area contributed by atoms with Crippen molar-refractivity contribution in [1.82, 2.24) is 4.98 Å². The second-order valence-electron chi connectivity index (χ2n) is 4.70. The minimum absolute atomic E-state index is 0.0866. The van der Waals surface area contributed by atoms with Crippen molar-refractivity contribution in [3.05, 3.63) is 72.9 Å². The van der Waals surface area contributed by atoms with Gasteiger partial charge >= 0.3 is 0 Å². The summed E-state index contributed by atoms with van der Waals surface area (Å²) in [5.41, 5.74) is 2.77. The van der Waals surface area contributed by atoms with E-state index in [2.05, 4.69) is 4.98 Å². The van der Waals surface area contributed by atoms with Gasteiger partial charge in [0.05, 0.1) is 10.6 Å². The fraction of sp³-hybridized carbons (Fsp3) is 0. The van der Waals surface area contributed by atoms with E-state index in [9.17, 15) is 8.42 Å². The van der Waals surface area contributed by atoms with E-state index < -0.39 is 9.05 Å². The SMILES string of the molecule is O=S(=O)(Cl)c1cccc(-c2ccccn2)c1-c1ccccc1. The van der Waals surface area contributed by atoms with Crippen LogP contribution in [0.5, 0.6) is 0 Å². The molecule has 0 bridgehead atoms. The van der Waals surface area contributed by atoms with Crippen LogP contribution in [0.25, 0.3) is 22.4 Å². The maximum absolute atomic E-state index is 12.0. The highest BCUT2D eigenvalue weighted by molar-refractivity contribution is 8.13. The lowest BCUT2D eigenvalue weighted by molar-refractivity contribution is 0.610. The number of nitrogens with zero attached hydrogens (tertiary/aromatic N) is 1. The van der Waals surface area contributed by atoms with Crippen LogP contribution in [0.1, 0.15) is 0 Å². The van der Waals surface area contributed by atoms with E-state index in [0.717, 1.165) is 11.1 Å². The Balaban J connectivity index is 2.37. The van der Waals surface area contributed by atoms with Gasteiger partial charge in [-0.3, -0.25) is 4.98 Å². The monoisotopic (exact) mass is 329 g/mol. The highest BCUT2D eigenvalue weighted by Gasteiger charge is 2.20. The second-order valence-corrected chi connectivity index (χ2v) is 7.23. The van der Waals surface area contributed by atoms with Crippen LogP contribution in [0, 0.1) is 0 Å². The standard InChI is InChI=1S/C17H12ClNO2S/c18-22(20,21)16-11-6-9-14(15-10-4-5-12-19-15)17(16)13-7-2-1-3-8-13/h1-12H. The number of halogens is 1. The quantitative estimate of drug-likeness (QED) is 0.671. The first-order valence-corrected chi connectivity index (χ1v) is 8.93. The van der Waals surface area contributed by atoms with Crippen LogP contribution in [0.15, 0.2) is 77.8 Å². The Bertz CT molecular complexity index is 894. The van der Waals surface area contributed by atoms with Gasteiger partial charge in [0.2, 0.25) is 0 Å². The first-order valence-electron chi connectivity index (χ1n) is 6.62. The predicted octanol–water partition coefficient (Wildman–Crippen LogP) is 4.34. The molecule has 0 atom stereocenters. The van der Waals surface area contributed by atoms with Crippen LogP contribution in [0.2, 0.25) is 0 Å². The zero-order valence-electron chi connectivity index (χ0n) is 11.5. The van der Waals surface area contributed by atoms with Crippen LogP contribution < -0.4 is 0 Å². The van der Waals surface area contributed by atoms with Crippen molar-refractivity contribution in [3.63, 3.8) is 0 Å². The lowest BCUT2D eigenvalue weighted by Gasteiger charge is -2.13. The summed E-state index contributed by atoms with van der Waals surface area (Å²) < 4.78 is 23.9. The van der Waals surface area contributed by atoms with Crippen molar-refractivity contribution >= 4 is 19.7 Å². The van der Waals surface area contributed by atoms with Gasteiger partial charge in [0, 0.05) is 28.0 Å². The molecule has 2 aromatic carbocycles. The highest BCUT2D eigenvalue weighted by Crippen LogP contribution is 2.37. The molecule has 0 amide bonds. The molecule has 22 heavy (non-hydrogen) atoms. The lowest BCUT2D eigenvalue weighted by Crippen LogP contribution is -1.98. The van der Waals surface area contributed by atoms with Crippen molar-refractivity contribution in [2.24, 2.45) is 0 Å². The first kappa shape index (κ1) is 14.8. The number of pyridine rings is 1. The van der Waals surface area contributed by atoms with Gasteiger partial charge in [-0.2, -0.15) is 0 Å². The maximum Gasteiger partial charge on any atom is 0.261 e. The summed E-state index contributed by atoms with van der Waals surface area (Å²) in [6, 6.07) is 19.8. The Kier molecular flexibility index (Phi) is 3.96. The van der Waals surface area contributed by atoms with Crippen molar-refractivity contribution in [2.75, 3.05) is 0 Å². The Hall–Kier alpha value is -2.17. The summed E-state index contributed by atoms with van der Waals surface area (Å²) in [6.45, 7) is 0. The van der Waals surface area contributed by atoms with E-state index in [-0.39, 0.29) is 4.90 Å². The van der Waals surface area contributed by atoms with Gasteiger partial charge in [0.25, 0.3) is 9.05 Å². The first-order chi connectivity index (χ1) is 10.6. The molecule has 0 aliphatic carbocycles. The third kappa shape index (κ3) is 2.89. The molecule has 3 aromatic rings. The molecule has 0 saturated carbocycles. The van der Waals surface area contributed by atoms with E-state index in [0.29, 0.717) is 11.3 Å². The third-order valence-electron chi connectivity index (χ3n) is 3.29. The van der Waals surface area contributed by atoms with Crippen molar-refractivity contribution < 1.29 is 8.42 Å². The molecule has 0 N–H and O–H groups in total. The fourth-order valence-corrected chi connectivity index (χ4v) is 3.47. The van der Waals surface area contributed by atoms with Crippen LogP contribution >= 0.6 is 10.7 Å². The zero-order chi connectivity index (χ0) is 15.6. The van der Waals surface area contributed by atoms with Crippen LogP contribution in [0.3, 0.4) is 0 Å². The highest BCUT2D eigenvalue weighted by atomic mass is 35.7. The van der Waals surface area contributed by atoms with Crippen molar-refractivity contribution in [3.8, 4) is 22.4 Å². The molecule has 0 saturated heterocycles. The average Bonchev–Trinajstić information content (AvgIpc) is 2.55. The van der Waals surface area contributed by atoms with Gasteiger partial charge in [-0.05, 0) is 23.8 Å². The van der Waals surface area contributed by atoms with Gasteiger partial charge in [-0.15, -0.1) is 0 Å². The molecule has 1 heterocycles. The van der Waals surface area contributed by atoms with E-state index in [1.165, 1.54) is 6.07 Å². The van der Waals surface area contributed by atoms with Crippen LogP contribution in [-0.2, 0) is 9.05 Å². The average molecular weight is 330 g/mol. The van der Waals surface area contributed by atoms with E-state index >= 15 is 0 Å². The molecule has 1 aromatic heterocycles. The summed E-state index contributed by atoms with van der Waals surface area (Å²) in [6.07, 6.45) is 1.67. The Morgan fingerprint density at radius 3 is 2.18 bits per heavy atom. The normalized spacial score (nSPS) is 11.3. The summed E-state index contributed by atoms with van der Waals surface area (Å²) in [7, 11) is 1.76. The molecule has 0 spiro atoms. The van der Waals surface area contributed by atoms with Crippen LogP contribution in [-0.4, -0.2) is 13.4 Å². The molecule has 0 aliphatic heterocycles. The Labute approximate surface area is 133 Å². The van der Waals surface area contributed by atoms with Gasteiger partial charge in [0.1, 0.15) is 0 Å². The zero-order valence-corrected chi connectivity index (χ0v) is 13.1. The van der Waals surface area contributed by atoms with Gasteiger partial charge in [-0.25, -0.2) is 8.42 Å². The van der Waals surface area contributed by atoms with Gasteiger partial charge in [0.15, 0.2) is 0 Å². The summed E-state index contributed by atoms with van der Waals surface area (Å²) in [5.74, 6) is 0. The molecule has 3 nitrogen and oxygen atoms in total. The molecule has 0 fully saturated rings. The topological polar surface area (TPSA) is 47.0 Å². The molecule has 0 radical (unpaired) electrons.